The molecule has 3 atom stereocenters. The molecule has 33 heavy (non-hydrogen) atoms. The number of rotatable bonds is 6. The van der Waals surface area contributed by atoms with Gasteiger partial charge in [-0.1, -0.05) is 31.2 Å². The molecular weight excluding hydrogens is 437 g/mol. The van der Waals surface area contributed by atoms with Crippen LogP contribution in [0.5, 0.6) is 0 Å². The molecule has 174 valence electrons. The molecule has 0 radical (unpaired) electrons. The van der Waals surface area contributed by atoms with E-state index >= 15 is 0 Å². The van der Waals surface area contributed by atoms with Crippen molar-refractivity contribution in [1.29, 1.82) is 0 Å². The Morgan fingerprint density at radius 2 is 1.97 bits per heavy atom. The number of aryl methyl sites for hydroxylation is 1. The van der Waals surface area contributed by atoms with E-state index in [0.717, 1.165) is 42.5 Å². The minimum atomic E-state index is -0.343. The van der Waals surface area contributed by atoms with Crippen LogP contribution >= 0.6 is 11.8 Å². The van der Waals surface area contributed by atoms with Gasteiger partial charge in [-0.15, -0.1) is 11.8 Å². The van der Waals surface area contributed by atoms with Gasteiger partial charge in [-0.3, -0.25) is 9.69 Å². The van der Waals surface area contributed by atoms with Gasteiger partial charge in [0.25, 0.3) is 0 Å². The number of benzene rings is 2. The lowest BCUT2D eigenvalue weighted by Gasteiger charge is -2.28. The standard InChI is InChI=1S/C27H30FNO3S/c1-17-12-18(2)14-20(13-17)10-11-32-27(31)22-6-9-24(19(3)15-22)29-25(30)16-33-26(29)21-4-7-23(28)8-5-21/h4-9,15,18,20,26H,1,10-14,16H2,2-3H3. The van der Waals surface area contributed by atoms with Gasteiger partial charge in [-0.2, -0.15) is 0 Å². The van der Waals surface area contributed by atoms with Crippen molar-refractivity contribution in [1.82, 2.24) is 0 Å². The molecule has 6 heteroatoms. The molecule has 2 aromatic rings. The molecule has 0 spiro atoms. The zero-order valence-electron chi connectivity index (χ0n) is 19.2. The van der Waals surface area contributed by atoms with Crippen LogP contribution in [0.15, 0.2) is 54.6 Å². The monoisotopic (exact) mass is 467 g/mol. The number of allylic oxidation sites excluding steroid dienone is 1. The summed E-state index contributed by atoms with van der Waals surface area (Å²) in [5, 5.41) is -0.220. The predicted molar refractivity (Wildman–Crippen MR) is 131 cm³/mol. The summed E-state index contributed by atoms with van der Waals surface area (Å²) >= 11 is 1.51. The van der Waals surface area contributed by atoms with E-state index in [1.165, 1.54) is 29.5 Å². The van der Waals surface area contributed by atoms with Gasteiger partial charge < -0.3 is 4.74 Å². The number of amides is 1. The molecule has 0 bridgehead atoms. The van der Waals surface area contributed by atoms with E-state index in [4.69, 9.17) is 4.74 Å². The number of anilines is 1. The number of nitrogens with zero attached hydrogens (tertiary/aromatic N) is 1. The average molecular weight is 468 g/mol. The second-order valence-corrected chi connectivity index (χ2v) is 10.3. The lowest BCUT2D eigenvalue weighted by atomic mass is 9.79. The number of carbonyl (C=O) groups excluding carboxylic acids is 2. The largest absolute Gasteiger partial charge is 0.462 e. The maximum absolute atomic E-state index is 13.3. The van der Waals surface area contributed by atoms with E-state index < -0.39 is 0 Å². The van der Waals surface area contributed by atoms with Gasteiger partial charge in [0.1, 0.15) is 11.2 Å². The molecule has 4 rings (SSSR count). The molecular formula is C27H30FNO3S. The van der Waals surface area contributed by atoms with Crippen molar-refractivity contribution in [3.8, 4) is 0 Å². The summed E-state index contributed by atoms with van der Waals surface area (Å²) in [6, 6.07) is 11.5. The molecule has 1 saturated heterocycles. The number of ether oxygens (including phenoxy) is 1. The highest BCUT2D eigenvalue weighted by Gasteiger charge is 2.35. The van der Waals surface area contributed by atoms with Crippen molar-refractivity contribution in [3.63, 3.8) is 0 Å². The molecule has 0 N–H and O–H groups in total. The van der Waals surface area contributed by atoms with Crippen molar-refractivity contribution in [2.45, 2.75) is 44.9 Å². The van der Waals surface area contributed by atoms with Crippen LogP contribution in [-0.2, 0) is 9.53 Å². The molecule has 4 nitrogen and oxygen atoms in total. The first-order chi connectivity index (χ1) is 15.8. The Kier molecular flexibility index (Phi) is 7.23. The summed E-state index contributed by atoms with van der Waals surface area (Å²) in [6.07, 6.45) is 4.13. The first kappa shape index (κ1) is 23.6. The second-order valence-electron chi connectivity index (χ2n) is 9.27. The van der Waals surface area contributed by atoms with E-state index in [1.807, 2.05) is 6.92 Å². The Hall–Kier alpha value is -2.60. The fraction of sp³-hybridized carbons (Fsp3) is 0.407. The molecule has 1 aliphatic heterocycles. The zero-order valence-corrected chi connectivity index (χ0v) is 20.0. The van der Waals surface area contributed by atoms with Gasteiger partial charge >= 0.3 is 5.97 Å². The lowest BCUT2D eigenvalue weighted by Crippen LogP contribution is -2.28. The topological polar surface area (TPSA) is 46.6 Å². The van der Waals surface area contributed by atoms with Gasteiger partial charge in [-0.05, 0) is 85.9 Å². The molecule has 1 amide bonds. The molecule has 2 aromatic carbocycles. The van der Waals surface area contributed by atoms with Crippen LogP contribution in [0.2, 0.25) is 0 Å². The Bertz CT molecular complexity index is 1050. The highest BCUT2D eigenvalue weighted by atomic mass is 32.2. The number of hydrogen-bond acceptors (Lipinski definition) is 4. The Labute approximate surface area is 199 Å². The normalized spacial score (nSPS) is 23.1. The van der Waals surface area contributed by atoms with Crippen molar-refractivity contribution in [2.24, 2.45) is 11.8 Å². The Balaban J connectivity index is 1.41. The van der Waals surface area contributed by atoms with Gasteiger partial charge in [0.15, 0.2) is 0 Å². The number of hydrogen-bond donors (Lipinski definition) is 0. The summed E-state index contributed by atoms with van der Waals surface area (Å²) in [5.41, 5.74) is 4.23. The van der Waals surface area contributed by atoms with E-state index in [1.54, 1.807) is 35.2 Å². The number of esters is 1. The predicted octanol–water partition coefficient (Wildman–Crippen LogP) is 6.45. The lowest BCUT2D eigenvalue weighted by molar-refractivity contribution is -0.115. The molecule has 2 fully saturated rings. The van der Waals surface area contributed by atoms with Crippen LogP contribution in [0.3, 0.4) is 0 Å². The maximum atomic E-state index is 13.3. The highest BCUT2D eigenvalue weighted by Crippen LogP contribution is 2.43. The molecule has 1 saturated carbocycles. The summed E-state index contributed by atoms with van der Waals surface area (Å²) in [6.45, 7) is 8.67. The van der Waals surface area contributed by atoms with Crippen molar-refractivity contribution in [3.05, 3.63) is 77.1 Å². The maximum Gasteiger partial charge on any atom is 0.338 e. The SMILES string of the molecule is C=C1CC(C)CC(CCOC(=O)c2ccc(N3C(=O)CSC3c3ccc(F)cc3)c(C)c2)C1. The second kappa shape index (κ2) is 10.1. The van der Waals surface area contributed by atoms with Crippen LogP contribution in [0.25, 0.3) is 0 Å². The first-order valence-electron chi connectivity index (χ1n) is 11.5. The van der Waals surface area contributed by atoms with E-state index in [2.05, 4.69) is 13.5 Å². The molecule has 3 unspecified atom stereocenters. The fourth-order valence-corrected chi connectivity index (χ4v) is 6.12. The third-order valence-corrected chi connectivity index (χ3v) is 7.64. The molecule has 2 aliphatic rings. The summed E-state index contributed by atoms with van der Waals surface area (Å²) in [7, 11) is 0. The van der Waals surface area contributed by atoms with Crippen LogP contribution in [-0.4, -0.2) is 24.2 Å². The summed E-state index contributed by atoms with van der Waals surface area (Å²) < 4.78 is 18.9. The smallest absolute Gasteiger partial charge is 0.338 e. The van der Waals surface area contributed by atoms with Crippen molar-refractivity contribution >= 4 is 29.3 Å². The van der Waals surface area contributed by atoms with E-state index in [9.17, 15) is 14.0 Å². The van der Waals surface area contributed by atoms with Crippen LogP contribution < -0.4 is 4.90 Å². The molecule has 1 heterocycles. The van der Waals surface area contributed by atoms with Gasteiger partial charge in [0, 0.05) is 5.69 Å². The van der Waals surface area contributed by atoms with Crippen LogP contribution in [0, 0.1) is 24.6 Å². The summed E-state index contributed by atoms with van der Waals surface area (Å²) in [4.78, 5) is 27.0. The highest BCUT2D eigenvalue weighted by molar-refractivity contribution is 8.00. The molecule has 0 aromatic heterocycles. The average Bonchev–Trinajstić information content (AvgIpc) is 3.14. The number of carbonyl (C=O) groups is 2. The van der Waals surface area contributed by atoms with Crippen molar-refractivity contribution in [2.75, 3.05) is 17.3 Å². The van der Waals surface area contributed by atoms with Crippen LogP contribution in [0.1, 0.15) is 59.5 Å². The van der Waals surface area contributed by atoms with E-state index in [-0.39, 0.29) is 23.1 Å². The third-order valence-electron chi connectivity index (χ3n) is 6.42. The molecule has 1 aliphatic carbocycles. The van der Waals surface area contributed by atoms with Crippen molar-refractivity contribution < 1.29 is 18.7 Å². The van der Waals surface area contributed by atoms with E-state index in [0.29, 0.717) is 29.8 Å². The third kappa shape index (κ3) is 5.49. The minimum absolute atomic E-state index is 0.00366. The Morgan fingerprint density at radius 3 is 2.67 bits per heavy atom. The quantitative estimate of drug-likeness (QED) is 0.362. The zero-order chi connectivity index (χ0) is 23.5. The van der Waals surface area contributed by atoms with Gasteiger partial charge in [-0.25, -0.2) is 9.18 Å². The number of halogens is 1. The van der Waals surface area contributed by atoms with Crippen LogP contribution in [0.4, 0.5) is 10.1 Å². The van der Waals surface area contributed by atoms with Gasteiger partial charge in [0.2, 0.25) is 5.91 Å². The van der Waals surface area contributed by atoms with Gasteiger partial charge in [0.05, 0.1) is 17.9 Å². The number of thioether (sulfide) groups is 1. The summed E-state index contributed by atoms with van der Waals surface area (Å²) in [5.74, 6) is 0.882. The Morgan fingerprint density at radius 1 is 1.21 bits per heavy atom. The fourth-order valence-electron chi connectivity index (χ4n) is 4.95. The first-order valence-corrected chi connectivity index (χ1v) is 12.5. The minimum Gasteiger partial charge on any atom is -0.462 e.